The second-order valence-electron chi connectivity index (χ2n) is 10.3. The minimum absolute atomic E-state index is 0.177. The zero-order valence-corrected chi connectivity index (χ0v) is 23.2. The lowest BCUT2D eigenvalue weighted by atomic mass is 9.96. The number of methoxy groups -OCH3 is 1. The van der Waals surface area contributed by atoms with E-state index < -0.39 is 12.1 Å². The summed E-state index contributed by atoms with van der Waals surface area (Å²) in [6.07, 6.45) is 4.29. The van der Waals surface area contributed by atoms with Gasteiger partial charge in [-0.3, -0.25) is 9.59 Å². The molecule has 4 aromatic carbocycles. The maximum atomic E-state index is 14.7. The van der Waals surface area contributed by atoms with E-state index >= 15 is 0 Å². The lowest BCUT2D eigenvalue weighted by molar-refractivity contribution is -0.138. The number of ether oxygens (including phenoxy) is 1. The first kappa shape index (κ1) is 27.8. The van der Waals surface area contributed by atoms with Crippen molar-refractivity contribution in [3.63, 3.8) is 0 Å². The average Bonchev–Trinajstić information content (AvgIpc) is 3.00. The third-order valence-corrected chi connectivity index (χ3v) is 7.46. The highest BCUT2D eigenvalue weighted by Gasteiger charge is 2.37. The van der Waals surface area contributed by atoms with Gasteiger partial charge in [0.25, 0.3) is 5.91 Å². The van der Waals surface area contributed by atoms with Crippen LogP contribution >= 0.6 is 0 Å². The van der Waals surface area contributed by atoms with Crippen molar-refractivity contribution in [3.8, 4) is 5.75 Å². The van der Waals surface area contributed by atoms with Crippen LogP contribution in [0.3, 0.4) is 0 Å². The normalized spacial score (nSPS) is 18.0. The molecule has 0 aliphatic carbocycles. The molecule has 1 aliphatic heterocycles. The third kappa shape index (κ3) is 6.55. The van der Waals surface area contributed by atoms with E-state index in [4.69, 9.17) is 4.74 Å². The summed E-state index contributed by atoms with van der Waals surface area (Å²) >= 11 is 0. The highest BCUT2D eigenvalue weighted by molar-refractivity contribution is 5.98. The molecule has 2 amide bonds. The van der Waals surface area contributed by atoms with E-state index in [0.29, 0.717) is 12.0 Å². The van der Waals surface area contributed by atoms with Gasteiger partial charge in [0.2, 0.25) is 5.91 Å². The zero-order valence-electron chi connectivity index (χ0n) is 23.2. The lowest BCUT2D eigenvalue weighted by Gasteiger charge is -2.39. The summed E-state index contributed by atoms with van der Waals surface area (Å²) < 4.78 is 19.1. The molecule has 6 heteroatoms. The van der Waals surface area contributed by atoms with Crippen molar-refractivity contribution in [1.29, 1.82) is 0 Å². The summed E-state index contributed by atoms with van der Waals surface area (Å²) in [6.45, 7) is 2.51. The van der Waals surface area contributed by atoms with E-state index in [1.165, 1.54) is 12.1 Å². The molecule has 2 unspecified atom stereocenters. The first-order chi connectivity index (χ1) is 19.9. The molecule has 5 nitrogen and oxygen atoms in total. The number of rotatable bonds is 7. The molecule has 0 N–H and O–H groups in total. The molecule has 1 aliphatic rings. The summed E-state index contributed by atoms with van der Waals surface area (Å²) in [5, 5.41) is 0. The number of aryl methyl sites for hydroxylation is 1. The maximum Gasteiger partial charge on any atom is 0.254 e. The molecule has 41 heavy (non-hydrogen) atoms. The molecule has 208 valence electrons. The second kappa shape index (κ2) is 12.6. The Labute approximate surface area is 240 Å². The van der Waals surface area contributed by atoms with E-state index in [2.05, 4.69) is 0 Å². The van der Waals surface area contributed by atoms with E-state index in [9.17, 15) is 14.0 Å². The number of hydrogen-bond donors (Lipinski definition) is 0. The van der Waals surface area contributed by atoms with Crippen LogP contribution in [0.15, 0.2) is 115 Å². The van der Waals surface area contributed by atoms with Crippen LogP contribution in [-0.4, -0.2) is 41.3 Å². The van der Waals surface area contributed by atoms with Crippen molar-refractivity contribution in [2.75, 3.05) is 13.7 Å². The van der Waals surface area contributed by atoms with Crippen LogP contribution in [0.25, 0.3) is 0 Å². The van der Waals surface area contributed by atoms with Gasteiger partial charge in [-0.25, -0.2) is 4.39 Å². The average molecular weight is 549 g/mol. The molecule has 0 saturated heterocycles. The minimum Gasteiger partial charge on any atom is -0.497 e. The molecule has 0 fully saturated rings. The van der Waals surface area contributed by atoms with E-state index in [1.807, 2.05) is 85.8 Å². The Morgan fingerprint density at radius 2 is 1.56 bits per heavy atom. The zero-order chi connectivity index (χ0) is 28.8. The fourth-order valence-electron chi connectivity index (χ4n) is 5.17. The Hall–Kier alpha value is -4.71. The third-order valence-electron chi connectivity index (χ3n) is 7.46. The predicted molar refractivity (Wildman–Crippen MR) is 158 cm³/mol. The van der Waals surface area contributed by atoms with E-state index in [1.54, 1.807) is 41.2 Å². The molecule has 0 bridgehead atoms. The Morgan fingerprint density at radius 3 is 2.22 bits per heavy atom. The first-order valence-electron chi connectivity index (χ1n) is 13.7. The fourth-order valence-corrected chi connectivity index (χ4v) is 5.17. The number of amides is 2. The van der Waals surface area contributed by atoms with E-state index in [-0.39, 0.29) is 30.7 Å². The summed E-state index contributed by atoms with van der Waals surface area (Å²) in [5.74, 6) is 0.00495. The molecule has 5 rings (SSSR count). The maximum absolute atomic E-state index is 14.7. The van der Waals surface area contributed by atoms with Gasteiger partial charge in [-0.1, -0.05) is 84.4 Å². The highest BCUT2D eigenvalue weighted by Crippen LogP contribution is 2.30. The molecular formula is C35H33FN2O3. The number of hydrogen-bond acceptors (Lipinski definition) is 3. The SMILES string of the molecule is COc1ccc(C2/C=C\CN(C(=O)c3ccc(C)cc3)C(Cc3ccccc3)C(=O)N2Cc2ccc(F)cc2)cc1. The quantitative estimate of drug-likeness (QED) is 0.247. The monoisotopic (exact) mass is 548 g/mol. The van der Waals surface area contributed by atoms with Crippen molar-refractivity contribution in [2.24, 2.45) is 0 Å². The molecule has 0 saturated carbocycles. The number of nitrogens with zero attached hydrogens (tertiary/aromatic N) is 2. The Morgan fingerprint density at radius 1 is 0.878 bits per heavy atom. The molecule has 2 atom stereocenters. The lowest BCUT2D eigenvalue weighted by Crippen LogP contribution is -2.53. The molecule has 0 radical (unpaired) electrons. The van der Waals surface area contributed by atoms with Gasteiger partial charge in [-0.05, 0) is 60.0 Å². The Balaban J connectivity index is 1.59. The smallest absolute Gasteiger partial charge is 0.254 e. The Kier molecular flexibility index (Phi) is 8.59. The van der Waals surface area contributed by atoms with Crippen LogP contribution in [0.4, 0.5) is 4.39 Å². The van der Waals surface area contributed by atoms with Crippen LogP contribution in [-0.2, 0) is 17.8 Å². The van der Waals surface area contributed by atoms with Crippen molar-refractivity contribution in [3.05, 3.63) is 149 Å². The van der Waals surface area contributed by atoms with Crippen LogP contribution in [0.5, 0.6) is 5.75 Å². The van der Waals surface area contributed by atoms with Gasteiger partial charge in [0, 0.05) is 25.1 Å². The van der Waals surface area contributed by atoms with Crippen molar-refractivity contribution >= 4 is 11.8 Å². The van der Waals surface area contributed by atoms with Crippen molar-refractivity contribution in [1.82, 2.24) is 9.80 Å². The fraction of sp³-hybridized carbons (Fsp3) is 0.200. The van der Waals surface area contributed by atoms with Crippen LogP contribution in [0.2, 0.25) is 0 Å². The van der Waals surface area contributed by atoms with Gasteiger partial charge >= 0.3 is 0 Å². The number of carbonyl (C=O) groups excluding carboxylic acids is 2. The standard InChI is InChI=1S/C35H33FN2O3/c1-25-10-14-29(15-11-25)34(39)37-22-6-9-32(28-16-20-31(41-2)21-17-28)38(24-27-12-18-30(36)19-13-27)35(40)33(37)23-26-7-4-3-5-8-26/h3-21,32-33H,22-24H2,1-2H3/b9-6-. The number of carbonyl (C=O) groups is 2. The van der Waals surface area contributed by atoms with Crippen LogP contribution < -0.4 is 4.74 Å². The summed E-state index contributed by atoms with van der Waals surface area (Å²) in [4.78, 5) is 32.0. The van der Waals surface area contributed by atoms with Crippen molar-refractivity contribution in [2.45, 2.75) is 32.0 Å². The number of halogens is 1. The van der Waals surface area contributed by atoms with Crippen molar-refractivity contribution < 1.29 is 18.7 Å². The molecule has 0 aromatic heterocycles. The highest BCUT2D eigenvalue weighted by atomic mass is 19.1. The van der Waals surface area contributed by atoms with Gasteiger partial charge in [0.15, 0.2) is 0 Å². The largest absolute Gasteiger partial charge is 0.497 e. The summed E-state index contributed by atoms with van der Waals surface area (Å²) in [5.41, 5.74) is 4.25. The van der Waals surface area contributed by atoms with Crippen LogP contribution in [0.1, 0.15) is 38.7 Å². The van der Waals surface area contributed by atoms with E-state index in [0.717, 1.165) is 28.0 Å². The summed E-state index contributed by atoms with van der Waals surface area (Å²) in [7, 11) is 1.61. The molecular weight excluding hydrogens is 515 g/mol. The van der Waals surface area contributed by atoms with Gasteiger partial charge in [0.1, 0.15) is 17.6 Å². The van der Waals surface area contributed by atoms with Gasteiger partial charge in [0.05, 0.1) is 13.2 Å². The Bertz CT molecular complexity index is 1500. The van der Waals surface area contributed by atoms with Gasteiger partial charge in [-0.15, -0.1) is 0 Å². The molecule has 4 aromatic rings. The van der Waals surface area contributed by atoms with Gasteiger partial charge in [-0.2, -0.15) is 0 Å². The van der Waals surface area contributed by atoms with Gasteiger partial charge < -0.3 is 14.5 Å². The topological polar surface area (TPSA) is 49.9 Å². The van der Waals surface area contributed by atoms with Crippen LogP contribution in [0, 0.1) is 12.7 Å². The molecule has 1 heterocycles. The molecule has 0 spiro atoms. The minimum atomic E-state index is -0.752. The second-order valence-corrected chi connectivity index (χ2v) is 10.3. The summed E-state index contributed by atoms with van der Waals surface area (Å²) in [6, 6.07) is 29.8. The predicted octanol–water partition coefficient (Wildman–Crippen LogP) is 6.54. The number of benzene rings is 4. The first-order valence-corrected chi connectivity index (χ1v) is 13.7.